The summed E-state index contributed by atoms with van der Waals surface area (Å²) in [6.45, 7) is 5.82. The van der Waals surface area contributed by atoms with Crippen molar-refractivity contribution in [1.82, 2.24) is 4.90 Å². The predicted octanol–water partition coefficient (Wildman–Crippen LogP) is 2.06. The molecule has 0 bridgehead atoms. The quantitative estimate of drug-likeness (QED) is 0.897. The van der Waals surface area contributed by atoms with Gasteiger partial charge in [-0.3, -0.25) is 9.69 Å². The summed E-state index contributed by atoms with van der Waals surface area (Å²) in [7, 11) is 0. The number of carboxylic acid groups (broad SMARTS) is 1. The van der Waals surface area contributed by atoms with Crippen molar-refractivity contribution in [2.45, 2.75) is 26.4 Å². The summed E-state index contributed by atoms with van der Waals surface area (Å²) >= 11 is 0. The van der Waals surface area contributed by atoms with E-state index in [1.54, 1.807) is 6.07 Å². The molecule has 110 valence electrons. The lowest BCUT2D eigenvalue weighted by Gasteiger charge is -2.29. The second-order valence-electron chi connectivity index (χ2n) is 5.18. The van der Waals surface area contributed by atoms with Crippen LogP contribution in [0.1, 0.15) is 18.1 Å². The first-order chi connectivity index (χ1) is 9.52. The number of likely N-dealkylation sites (N-methyl/N-ethyl adjacent to an activating group) is 1. The van der Waals surface area contributed by atoms with Crippen LogP contribution < -0.4 is 0 Å². The fourth-order valence-electron chi connectivity index (χ4n) is 2.63. The Labute approximate surface area is 118 Å². The Kier molecular flexibility index (Phi) is 4.73. The third kappa shape index (κ3) is 3.16. The third-order valence-corrected chi connectivity index (χ3v) is 3.93. The van der Waals surface area contributed by atoms with Gasteiger partial charge < -0.3 is 9.84 Å². The molecule has 4 nitrogen and oxygen atoms in total. The molecule has 1 N–H and O–H groups in total. The number of halogens is 1. The summed E-state index contributed by atoms with van der Waals surface area (Å²) in [6, 6.07) is 4.55. The van der Waals surface area contributed by atoms with Crippen molar-refractivity contribution in [3.05, 3.63) is 35.1 Å². The van der Waals surface area contributed by atoms with Crippen molar-refractivity contribution in [2.24, 2.45) is 5.92 Å². The first-order valence-corrected chi connectivity index (χ1v) is 6.82. The summed E-state index contributed by atoms with van der Waals surface area (Å²) in [5.74, 6) is -1.61. The lowest BCUT2D eigenvalue weighted by molar-refractivity contribution is -0.143. The molecule has 0 saturated carbocycles. The number of hydrogen-bond acceptors (Lipinski definition) is 3. The number of aryl methyl sites for hydroxylation is 1. The summed E-state index contributed by atoms with van der Waals surface area (Å²) in [4.78, 5) is 13.3. The lowest BCUT2D eigenvalue weighted by Crippen LogP contribution is -2.42. The molecule has 2 atom stereocenters. The van der Waals surface area contributed by atoms with Crippen LogP contribution in [-0.4, -0.2) is 41.8 Å². The molecular weight excluding hydrogens is 261 g/mol. The van der Waals surface area contributed by atoms with E-state index < -0.39 is 11.9 Å². The van der Waals surface area contributed by atoms with Crippen molar-refractivity contribution in [1.29, 1.82) is 0 Å². The van der Waals surface area contributed by atoms with Crippen LogP contribution in [0.5, 0.6) is 0 Å². The van der Waals surface area contributed by atoms with Crippen LogP contribution in [0.3, 0.4) is 0 Å². The zero-order valence-electron chi connectivity index (χ0n) is 11.8. The highest BCUT2D eigenvalue weighted by Gasteiger charge is 2.37. The van der Waals surface area contributed by atoms with E-state index in [1.165, 1.54) is 12.1 Å². The lowest BCUT2D eigenvalue weighted by atomic mass is 10.0. The molecule has 1 aliphatic rings. The SMILES string of the molecule is CCN(Cc1cc(F)ccc1C)C1COCC1C(=O)O. The van der Waals surface area contributed by atoms with Crippen molar-refractivity contribution >= 4 is 5.97 Å². The molecule has 1 aliphatic heterocycles. The Morgan fingerprint density at radius 2 is 2.25 bits per heavy atom. The molecule has 1 aromatic rings. The van der Waals surface area contributed by atoms with Crippen LogP contribution in [0.15, 0.2) is 18.2 Å². The number of ether oxygens (including phenoxy) is 1. The van der Waals surface area contributed by atoms with Gasteiger partial charge in [0.25, 0.3) is 0 Å². The Morgan fingerprint density at radius 3 is 2.90 bits per heavy atom. The number of nitrogens with zero attached hydrogens (tertiary/aromatic N) is 1. The molecule has 1 fully saturated rings. The van der Waals surface area contributed by atoms with Crippen LogP contribution in [0.25, 0.3) is 0 Å². The van der Waals surface area contributed by atoms with Gasteiger partial charge in [-0.15, -0.1) is 0 Å². The Balaban J connectivity index is 2.16. The van der Waals surface area contributed by atoms with Gasteiger partial charge in [0.1, 0.15) is 5.82 Å². The van der Waals surface area contributed by atoms with Gasteiger partial charge in [-0.2, -0.15) is 0 Å². The number of carbonyl (C=O) groups is 1. The van der Waals surface area contributed by atoms with Crippen molar-refractivity contribution in [2.75, 3.05) is 19.8 Å². The molecular formula is C15H20FNO3. The smallest absolute Gasteiger partial charge is 0.310 e. The van der Waals surface area contributed by atoms with Gasteiger partial charge in [-0.25, -0.2) is 4.39 Å². The van der Waals surface area contributed by atoms with E-state index in [2.05, 4.69) is 0 Å². The van der Waals surface area contributed by atoms with Gasteiger partial charge in [-0.1, -0.05) is 13.0 Å². The van der Waals surface area contributed by atoms with E-state index in [0.717, 1.165) is 11.1 Å². The van der Waals surface area contributed by atoms with Gasteiger partial charge in [0, 0.05) is 12.6 Å². The van der Waals surface area contributed by atoms with Crippen molar-refractivity contribution < 1.29 is 19.0 Å². The Morgan fingerprint density at radius 1 is 1.50 bits per heavy atom. The highest BCUT2D eigenvalue weighted by molar-refractivity contribution is 5.71. The zero-order chi connectivity index (χ0) is 14.7. The maximum Gasteiger partial charge on any atom is 0.310 e. The number of carboxylic acids is 1. The molecule has 0 amide bonds. The standard InChI is InChI=1S/C15H20FNO3/c1-3-17(14-9-20-8-13(14)15(18)19)7-11-6-12(16)5-4-10(11)2/h4-6,13-14H,3,7-9H2,1-2H3,(H,18,19). The maximum absolute atomic E-state index is 13.3. The molecule has 2 unspecified atom stereocenters. The molecule has 2 rings (SSSR count). The second-order valence-corrected chi connectivity index (χ2v) is 5.18. The minimum absolute atomic E-state index is 0.153. The molecule has 0 aromatic heterocycles. The third-order valence-electron chi connectivity index (χ3n) is 3.93. The van der Waals surface area contributed by atoms with Gasteiger partial charge in [0.2, 0.25) is 0 Å². The normalized spacial score (nSPS) is 22.4. The van der Waals surface area contributed by atoms with E-state index in [9.17, 15) is 14.3 Å². The first kappa shape index (κ1) is 14.9. The number of hydrogen-bond donors (Lipinski definition) is 1. The van der Waals surface area contributed by atoms with Crippen LogP contribution >= 0.6 is 0 Å². The first-order valence-electron chi connectivity index (χ1n) is 6.82. The second kappa shape index (κ2) is 6.33. The number of aliphatic carboxylic acids is 1. The van der Waals surface area contributed by atoms with Gasteiger partial charge >= 0.3 is 5.97 Å². The average molecular weight is 281 g/mol. The van der Waals surface area contributed by atoms with Crippen molar-refractivity contribution in [3.8, 4) is 0 Å². The van der Waals surface area contributed by atoms with Crippen LogP contribution in [0, 0.1) is 18.7 Å². The molecule has 1 saturated heterocycles. The average Bonchev–Trinajstić information content (AvgIpc) is 2.89. The summed E-state index contributed by atoms with van der Waals surface area (Å²) in [6.07, 6.45) is 0. The van der Waals surface area contributed by atoms with E-state index in [4.69, 9.17) is 4.74 Å². The molecule has 1 aromatic carbocycles. The fourth-order valence-corrected chi connectivity index (χ4v) is 2.63. The fraction of sp³-hybridized carbons (Fsp3) is 0.533. The van der Waals surface area contributed by atoms with Crippen LogP contribution in [0.2, 0.25) is 0 Å². The molecule has 20 heavy (non-hydrogen) atoms. The van der Waals surface area contributed by atoms with E-state index in [0.29, 0.717) is 19.7 Å². The molecule has 0 spiro atoms. The topological polar surface area (TPSA) is 49.8 Å². The molecule has 0 aliphatic carbocycles. The largest absolute Gasteiger partial charge is 0.481 e. The molecule has 1 heterocycles. The van der Waals surface area contributed by atoms with E-state index in [-0.39, 0.29) is 18.5 Å². The van der Waals surface area contributed by atoms with Crippen molar-refractivity contribution in [3.63, 3.8) is 0 Å². The monoisotopic (exact) mass is 281 g/mol. The van der Waals surface area contributed by atoms with E-state index in [1.807, 2.05) is 18.7 Å². The number of benzene rings is 1. The van der Waals surface area contributed by atoms with Crippen LogP contribution in [0.4, 0.5) is 4.39 Å². The molecule has 5 heteroatoms. The van der Waals surface area contributed by atoms with Gasteiger partial charge in [0.15, 0.2) is 0 Å². The Hall–Kier alpha value is -1.46. The predicted molar refractivity (Wildman–Crippen MR) is 73.0 cm³/mol. The highest BCUT2D eigenvalue weighted by atomic mass is 19.1. The van der Waals surface area contributed by atoms with Gasteiger partial charge in [-0.05, 0) is 36.7 Å². The molecule has 0 radical (unpaired) electrons. The maximum atomic E-state index is 13.3. The minimum Gasteiger partial charge on any atom is -0.481 e. The minimum atomic E-state index is -0.832. The highest BCUT2D eigenvalue weighted by Crippen LogP contribution is 2.23. The summed E-state index contributed by atoms with van der Waals surface area (Å²) in [5.41, 5.74) is 1.90. The van der Waals surface area contributed by atoms with Crippen LogP contribution in [-0.2, 0) is 16.1 Å². The summed E-state index contributed by atoms with van der Waals surface area (Å²) < 4.78 is 18.7. The number of rotatable bonds is 5. The summed E-state index contributed by atoms with van der Waals surface area (Å²) in [5, 5.41) is 9.23. The van der Waals surface area contributed by atoms with Gasteiger partial charge in [0.05, 0.1) is 19.1 Å². The van der Waals surface area contributed by atoms with E-state index >= 15 is 0 Å². The zero-order valence-corrected chi connectivity index (χ0v) is 11.8. The Bertz CT molecular complexity index is 492.